The fourth-order valence-electron chi connectivity index (χ4n) is 7.33. The summed E-state index contributed by atoms with van der Waals surface area (Å²) in [4.78, 5) is 35.9. The first-order valence-corrected chi connectivity index (χ1v) is 18.2. The second-order valence-corrected chi connectivity index (χ2v) is 14.0. The quantitative estimate of drug-likeness (QED) is 0.102. The number of aromatic amines is 1. The maximum Gasteiger partial charge on any atom is 0.227 e. The van der Waals surface area contributed by atoms with E-state index in [9.17, 15) is 9.90 Å². The Bertz CT molecular complexity index is 1960. The predicted octanol–water partition coefficient (Wildman–Crippen LogP) is 7.01. The van der Waals surface area contributed by atoms with Crippen molar-refractivity contribution in [2.24, 2.45) is 5.92 Å². The number of imidazole rings is 1. The zero-order valence-electron chi connectivity index (χ0n) is 29.7. The molecule has 1 aliphatic carbocycles. The van der Waals surface area contributed by atoms with E-state index in [0.29, 0.717) is 48.4 Å². The summed E-state index contributed by atoms with van der Waals surface area (Å²) in [5, 5.41) is 17.1. The number of nitrogens with zero attached hydrogens (tertiary/aromatic N) is 5. The third kappa shape index (κ3) is 7.87. The summed E-state index contributed by atoms with van der Waals surface area (Å²) < 4.78 is 11.6. The van der Waals surface area contributed by atoms with Crippen molar-refractivity contribution in [3.63, 3.8) is 0 Å². The number of carbonyl (C=O) groups is 1. The lowest BCUT2D eigenvalue weighted by Gasteiger charge is -2.40. The number of piperazine rings is 1. The number of aromatic nitrogens is 4. The van der Waals surface area contributed by atoms with E-state index >= 15 is 0 Å². The number of aliphatic hydroxyl groups is 1. The molecule has 1 aliphatic heterocycles. The Hall–Kier alpha value is -4.94. The second-order valence-electron chi connectivity index (χ2n) is 14.0. The van der Waals surface area contributed by atoms with Crippen molar-refractivity contribution in [3.8, 4) is 28.4 Å². The maximum atomic E-state index is 13.1. The lowest BCUT2D eigenvalue weighted by molar-refractivity contribution is -0.116. The average molecular weight is 693 g/mol. The number of nitrogens with one attached hydrogen (secondary N) is 3. The van der Waals surface area contributed by atoms with Gasteiger partial charge < -0.3 is 34.8 Å². The number of rotatable bonds is 13. The highest BCUT2D eigenvalue weighted by Crippen LogP contribution is 2.40. The number of H-pyrrole nitrogens is 1. The molecule has 2 aliphatic rings. The first-order valence-electron chi connectivity index (χ1n) is 18.2. The van der Waals surface area contributed by atoms with Gasteiger partial charge in [-0.15, -0.1) is 0 Å². The fourth-order valence-corrected chi connectivity index (χ4v) is 7.33. The van der Waals surface area contributed by atoms with Gasteiger partial charge in [-0.3, -0.25) is 9.69 Å². The number of methoxy groups -OCH3 is 1. The van der Waals surface area contributed by atoms with Gasteiger partial charge in [0.05, 0.1) is 47.5 Å². The standard InChI is InChI=1S/C39H48N8O4/c1-25(2)21-36(49)41-30-23-31(34(50-3)24-32(30)47-17-15-46(16-18-47)28-7-4-5-8-28)43-39-40-14-12-29(42-39)38-37(44-35(45-38)9-6-19-48)27-11-10-26-13-20-51-33(26)22-27/h10-14,20,22-25,28,48H,4-9,15-19,21H2,1-3H3,(H,41,49)(H,44,45)(H,40,42,43). The average Bonchev–Trinajstić information content (AvgIpc) is 3.92. The normalized spacial score (nSPS) is 15.6. The van der Waals surface area contributed by atoms with Crippen molar-refractivity contribution in [2.75, 3.05) is 55.4 Å². The van der Waals surface area contributed by atoms with E-state index in [1.165, 1.54) is 25.7 Å². The van der Waals surface area contributed by atoms with Gasteiger partial charge in [-0.05, 0) is 49.4 Å². The third-order valence-corrected chi connectivity index (χ3v) is 9.89. The molecule has 3 aromatic heterocycles. The van der Waals surface area contributed by atoms with Gasteiger partial charge in [0.15, 0.2) is 0 Å². The van der Waals surface area contributed by atoms with Gasteiger partial charge in [0.1, 0.15) is 17.2 Å². The first kappa shape index (κ1) is 34.5. The Balaban J connectivity index is 1.19. The highest BCUT2D eigenvalue weighted by molar-refractivity contribution is 5.96. The van der Waals surface area contributed by atoms with E-state index in [-0.39, 0.29) is 18.4 Å². The minimum absolute atomic E-state index is 0.0262. The fraction of sp³-hybridized carbons (Fsp3) is 0.436. The Morgan fingerprint density at radius 2 is 1.88 bits per heavy atom. The van der Waals surface area contributed by atoms with E-state index in [1.54, 1.807) is 19.6 Å². The van der Waals surface area contributed by atoms with Crippen LogP contribution >= 0.6 is 0 Å². The first-order chi connectivity index (χ1) is 24.9. The minimum atomic E-state index is -0.0262. The number of aryl methyl sites for hydroxylation is 1. The zero-order valence-corrected chi connectivity index (χ0v) is 29.7. The van der Waals surface area contributed by atoms with E-state index in [2.05, 4.69) is 30.4 Å². The van der Waals surface area contributed by atoms with E-state index in [1.807, 2.05) is 56.3 Å². The van der Waals surface area contributed by atoms with Gasteiger partial charge in [-0.25, -0.2) is 15.0 Å². The van der Waals surface area contributed by atoms with Gasteiger partial charge in [0, 0.05) is 74.9 Å². The summed E-state index contributed by atoms with van der Waals surface area (Å²) >= 11 is 0. The van der Waals surface area contributed by atoms with E-state index < -0.39 is 0 Å². The molecule has 1 saturated heterocycles. The van der Waals surface area contributed by atoms with Crippen LogP contribution in [0.15, 0.2) is 59.3 Å². The lowest BCUT2D eigenvalue weighted by atomic mass is 10.1. The molecule has 1 saturated carbocycles. The van der Waals surface area contributed by atoms with Crippen LogP contribution in [0.4, 0.5) is 23.0 Å². The van der Waals surface area contributed by atoms with Crippen LogP contribution in [-0.2, 0) is 11.2 Å². The molecule has 7 rings (SSSR count). The molecule has 0 atom stereocenters. The predicted molar refractivity (Wildman–Crippen MR) is 201 cm³/mol. The summed E-state index contributed by atoms with van der Waals surface area (Å²) in [7, 11) is 1.65. The van der Waals surface area contributed by atoms with Crippen molar-refractivity contribution in [2.45, 2.75) is 64.8 Å². The molecule has 4 N–H and O–H groups in total. The number of furan rings is 1. The second kappa shape index (κ2) is 15.5. The number of hydrogen-bond acceptors (Lipinski definition) is 10. The zero-order chi connectivity index (χ0) is 35.3. The summed E-state index contributed by atoms with van der Waals surface area (Å²) in [6.07, 6.45) is 10.2. The minimum Gasteiger partial charge on any atom is -0.494 e. The Morgan fingerprint density at radius 1 is 1.06 bits per heavy atom. The molecular weight excluding hydrogens is 644 g/mol. The van der Waals surface area contributed by atoms with Gasteiger partial charge in [-0.1, -0.05) is 38.8 Å². The SMILES string of the molecule is COc1cc(N2CCN(C3CCCC3)CC2)c(NC(=O)CC(C)C)cc1Nc1nccc(-c2[nH]c(CCCO)nc2-c2ccc3ccoc3c2)n1. The van der Waals surface area contributed by atoms with E-state index in [4.69, 9.17) is 19.1 Å². The van der Waals surface area contributed by atoms with E-state index in [0.717, 1.165) is 71.3 Å². The molecule has 12 nitrogen and oxygen atoms in total. The molecule has 0 bridgehead atoms. The summed E-state index contributed by atoms with van der Waals surface area (Å²) in [6.45, 7) is 7.92. The van der Waals surface area contributed by atoms with Crippen LogP contribution in [0.1, 0.15) is 58.2 Å². The van der Waals surface area contributed by atoms with Crippen molar-refractivity contribution < 1.29 is 19.1 Å². The number of carbonyl (C=O) groups excluding carboxylic acids is 1. The third-order valence-electron chi connectivity index (χ3n) is 9.89. The van der Waals surface area contributed by atoms with Crippen molar-refractivity contribution in [1.82, 2.24) is 24.8 Å². The summed E-state index contributed by atoms with van der Waals surface area (Å²) in [5.74, 6) is 1.95. The van der Waals surface area contributed by atoms with Crippen LogP contribution in [0.25, 0.3) is 33.6 Å². The van der Waals surface area contributed by atoms with Crippen LogP contribution in [0.2, 0.25) is 0 Å². The van der Waals surface area contributed by atoms with Crippen LogP contribution in [0.5, 0.6) is 5.75 Å². The molecule has 0 radical (unpaired) electrons. The highest BCUT2D eigenvalue weighted by Gasteiger charge is 2.28. The molecule has 4 heterocycles. The van der Waals surface area contributed by atoms with Crippen molar-refractivity contribution in [1.29, 1.82) is 0 Å². The molecule has 2 fully saturated rings. The molecule has 268 valence electrons. The topological polar surface area (TPSA) is 145 Å². The van der Waals surface area contributed by atoms with Gasteiger partial charge in [0.2, 0.25) is 11.9 Å². The van der Waals surface area contributed by atoms with Gasteiger partial charge >= 0.3 is 0 Å². The van der Waals surface area contributed by atoms with Crippen LogP contribution in [0.3, 0.4) is 0 Å². The molecule has 51 heavy (non-hydrogen) atoms. The Labute approximate surface area is 298 Å². The smallest absolute Gasteiger partial charge is 0.227 e. The largest absolute Gasteiger partial charge is 0.494 e. The van der Waals surface area contributed by atoms with Crippen molar-refractivity contribution >= 4 is 39.9 Å². The number of benzene rings is 2. The van der Waals surface area contributed by atoms with Crippen LogP contribution in [0, 0.1) is 5.92 Å². The lowest BCUT2D eigenvalue weighted by Crippen LogP contribution is -2.49. The molecular formula is C39H48N8O4. The summed E-state index contributed by atoms with van der Waals surface area (Å²) in [5.41, 5.74) is 6.08. The highest BCUT2D eigenvalue weighted by atomic mass is 16.5. The van der Waals surface area contributed by atoms with Crippen LogP contribution in [-0.4, -0.2) is 81.8 Å². The Kier molecular flexibility index (Phi) is 10.5. The Morgan fingerprint density at radius 3 is 2.65 bits per heavy atom. The molecule has 0 unspecified atom stereocenters. The molecule has 5 aromatic rings. The molecule has 1 amide bonds. The number of anilines is 4. The molecule has 2 aromatic carbocycles. The van der Waals surface area contributed by atoms with Crippen LogP contribution < -0.4 is 20.3 Å². The summed E-state index contributed by atoms with van der Waals surface area (Å²) in [6, 6.07) is 14.4. The monoisotopic (exact) mass is 692 g/mol. The van der Waals surface area contributed by atoms with Gasteiger partial charge in [-0.2, -0.15) is 0 Å². The van der Waals surface area contributed by atoms with Gasteiger partial charge in [0.25, 0.3) is 0 Å². The molecule has 12 heteroatoms. The number of aliphatic hydroxyl groups excluding tert-OH is 1. The van der Waals surface area contributed by atoms with Crippen molar-refractivity contribution in [3.05, 3.63) is 60.7 Å². The number of hydrogen-bond donors (Lipinski definition) is 4. The number of amides is 1. The number of ether oxygens (including phenoxy) is 1. The number of fused-ring (bicyclic) bond motifs is 1. The molecule has 0 spiro atoms. The maximum absolute atomic E-state index is 13.1.